The molecule has 0 aliphatic carbocycles. The minimum atomic E-state index is -5.29. The van der Waals surface area contributed by atoms with Gasteiger partial charge >= 0.3 is 18.1 Å². The summed E-state index contributed by atoms with van der Waals surface area (Å²) in [4.78, 5) is 35.3. The number of nitrogen functional groups attached to an aromatic ring is 1. The molecule has 0 saturated carbocycles. The lowest BCUT2D eigenvalue weighted by Crippen LogP contribution is -2.28. The number of carbonyl (C=O) groups is 3. The second-order valence-electron chi connectivity index (χ2n) is 8.89. The lowest BCUT2D eigenvalue weighted by Gasteiger charge is -2.17. The summed E-state index contributed by atoms with van der Waals surface area (Å²) in [6, 6.07) is 10.8. The Labute approximate surface area is 263 Å². The second-order valence-corrected chi connectivity index (χ2v) is 14.0. The number of rotatable bonds is 12. The number of hydrogen-bond acceptors (Lipinski definition) is 11. The number of anilines is 1. The van der Waals surface area contributed by atoms with Gasteiger partial charge in [-0.2, -0.15) is 24.9 Å². The fourth-order valence-corrected chi connectivity index (χ4v) is 8.45. The van der Waals surface area contributed by atoms with Crippen molar-refractivity contribution in [3.05, 3.63) is 52.9 Å². The number of methoxy groups -OCH3 is 1. The third-order valence-corrected chi connectivity index (χ3v) is 11.1. The molecule has 0 fully saturated rings. The quantitative estimate of drug-likeness (QED) is 0.0570. The Morgan fingerprint density at radius 3 is 2.45 bits per heavy atom. The number of amidine groups is 1. The van der Waals surface area contributed by atoms with Crippen LogP contribution < -0.4 is 15.8 Å². The van der Waals surface area contributed by atoms with Gasteiger partial charge in [0.25, 0.3) is 0 Å². The van der Waals surface area contributed by atoms with Crippen LogP contribution in [0.3, 0.4) is 0 Å². The summed E-state index contributed by atoms with van der Waals surface area (Å²) in [5, 5.41) is 10.4. The van der Waals surface area contributed by atoms with Gasteiger partial charge in [-0.05, 0) is 48.6 Å². The highest BCUT2D eigenvalue weighted by atomic mass is 32.2. The number of nitrogens with one attached hydrogen (secondary N) is 2. The van der Waals surface area contributed by atoms with Crippen LogP contribution in [-0.4, -0.2) is 63.1 Å². The van der Waals surface area contributed by atoms with Crippen LogP contribution in [0.1, 0.15) is 16.9 Å². The van der Waals surface area contributed by atoms with Gasteiger partial charge in [-0.3, -0.25) is 15.0 Å². The molecule has 4 N–H and O–H groups in total. The zero-order chi connectivity index (χ0) is 32.8. The van der Waals surface area contributed by atoms with Crippen LogP contribution >= 0.6 is 34.9 Å². The summed E-state index contributed by atoms with van der Waals surface area (Å²) >= 11 is 3.26. The highest BCUT2D eigenvalue weighted by molar-refractivity contribution is 8.01. The Morgan fingerprint density at radius 1 is 1.14 bits per heavy atom. The maximum atomic E-state index is 13.7. The molecule has 3 aromatic rings. The smallest absolute Gasteiger partial charge is 0.491 e. The molecule has 1 amide bonds. The minimum Gasteiger partial charge on any atom is -0.497 e. The molecule has 1 aromatic heterocycles. The van der Waals surface area contributed by atoms with E-state index in [0.717, 1.165) is 23.1 Å². The zero-order valence-electron chi connectivity index (χ0n) is 23.4. The molecule has 17 heteroatoms. The van der Waals surface area contributed by atoms with Gasteiger partial charge in [0.1, 0.15) is 11.6 Å². The second kappa shape index (κ2) is 14.5. The maximum absolute atomic E-state index is 13.7. The van der Waals surface area contributed by atoms with Gasteiger partial charge in [0.05, 0.1) is 43.8 Å². The highest BCUT2D eigenvalue weighted by Crippen LogP contribution is 2.40. The Balaban J connectivity index is 1.84. The predicted octanol–water partition coefficient (Wildman–Crippen LogP) is 5.26. The monoisotopic (exact) mass is 689 g/mol. The van der Waals surface area contributed by atoms with Gasteiger partial charge in [-0.25, -0.2) is 13.2 Å². The van der Waals surface area contributed by atoms with E-state index < -0.39 is 40.3 Å². The summed E-state index contributed by atoms with van der Waals surface area (Å²) in [7, 11) is -2.59. The van der Waals surface area contributed by atoms with Crippen molar-refractivity contribution >= 4 is 74.1 Å². The van der Waals surface area contributed by atoms with Crippen LogP contribution in [0.15, 0.2) is 56.5 Å². The van der Waals surface area contributed by atoms with Crippen LogP contribution in [0, 0.1) is 12.3 Å². The molecule has 10 nitrogen and oxygen atoms in total. The molecule has 1 heterocycles. The third-order valence-electron chi connectivity index (χ3n) is 5.78. The van der Waals surface area contributed by atoms with Gasteiger partial charge in [0, 0.05) is 17.4 Å². The summed E-state index contributed by atoms with van der Waals surface area (Å²) in [5.74, 6) is -4.62. The normalized spacial score (nSPS) is 11.6. The summed E-state index contributed by atoms with van der Waals surface area (Å²) in [6.07, 6.45) is -4.10. The Hall–Kier alpha value is -3.54. The lowest BCUT2D eigenvalue weighted by atomic mass is 9.98. The van der Waals surface area contributed by atoms with E-state index in [4.69, 9.17) is 15.9 Å². The number of sulfone groups is 1. The first-order valence-electron chi connectivity index (χ1n) is 12.3. The lowest BCUT2D eigenvalue weighted by molar-refractivity contribution is -0.201. The van der Waals surface area contributed by atoms with E-state index in [1.165, 1.54) is 37.1 Å². The van der Waals surface area contributed by atoms with E-state index >= 15 is 0 Å². The molecule has 0 aliphatic heterocycles. The topological polar surface area (TPSA) is 166 Å². The van der Waals surface area contributed by atoms with Crippen molar-refractivity contribution in [2.24, 2.45) is 5.73 Å². The van der Waals surface area contributed by atoms with Crippen LogP contribution in [0.5, 0.6) is 5.75 Å². The third kappa shape index (κ3) is 8.55. The molecule has 0 unspecified atom stereocenters. The van der Waals surface area contributed by atoms with Crippen molar-refractivity contribution in [2.75, 3.05) is 30.2 Å². The van der Waals surface area contributed by atoms with Gasteiger partial charge in [-0.15, -0.1) is 23.1 Å². The number of hydrogen-bond donors (Lipinski definition) is 3. The van der Waals surface area contributed by atoms with E-state index in [0.29, 0.717) is 37.2 Å². The van der Waals surface area contributed by atoms with Crippen LogP contribution in [-0.2, 0) is 29.0 Å². The van der Waals surface area contributed by atoms with E-state index in [9.17, 15) is 36.0 Å². The molecule has 0 spiro atoms. The number of benzene rings is 2. The average Bonchev–Trinajstić information content (AvgIpc) is 3.41. The number of amides is 1. The van der Waals surface area contributed by atoms with Gasteiger partial charge in [-0.1, -0.05) is 12.1 Å². The van der Waals surface area contributed by atoms with Crippen LogP contribution in [0.2, 0.25) is 0 Å². The molecule has 0 aliphatic rings. The summed E-state index contributed by atoms with van der Waals surface area (Å²) in [6.45, 7) is 1.75. The Morgan fingerprint density at radius 2 is 1.84 bits per heavy atom. The van der Waals surface area contributed by atoms with Gasteiger partial charge < -0.3 is 20.5 Å². The van der Waals surface area contributed by atoms with Crippen molar-refractivity contribution in [2.45, 2.75) is 33.5 Å². The molecule has 3 rings (SSSR count). The Kier molecular flexibility index (Phi) is 11.5. The standard InChI is InChI=1S/C27H26F3N3O7S4/c1-14-9-16(39-2)11-18(33-21(34)13-42-8-7-22(35)40-26(36)27(28,29)30)23(14)15-5-4-6-17(10-15)44(37,38)20-12-19(24(31)32)43-25(20)41-3/h4-6,9-12H,7-8,13H2,1-3H3,(H3,31,32)(H,33,34). The van der Waals surface area contributed by atoms with E-state index in [2.05, 4.69) is 10.1 Å². The van der Waals surface area contributed by atoms with Crippen molar-refractivity contribution in [3.8, 4) is 16.9 Å². The van der Waals surface area contributed by atoms with Gasteiger partial charge in [0.2, 0.25) is 15.7 Å². The summed E-state index contributed by atoms with van der Waals surface area (Å²) < 4.78 is 73.5. The number of esters is 2. The van der Waals surface area contributed by atoms with E-state index in [1.54, 1.807) is 37.4 Å². The molecule has 0 bridgehead atoms. The molecule has 0 saturated heterocycles. The summed E-state index contributed by atoms with van der Waals surface area (Å²) in [5.41, 5.74) is 7.52. The number of ether oxygens (including phenoxy) is 2. The van der Waals surface area contributed by atoms with Crippen molar-refractivity contribution in [1.82, 2.24) is 0 Å². The molecule has 2 aromatic carbocycles. The number of thioether (sulfide) groups is 2. The number of nitrogens with two attached hydrogens (primary N) is 1. The SMILES string of the molecule is COc1cc(C)c(-c2cccc(S(=O)(=O)c3cc(C(=N)N)sc3SC)c2)c(NC(=O)CSCCC(=O)OC(=O)C(F)(F)F)c1. The van der Waals surface area contributed by atoms with Crippen molar-refractivity contribution < 1.29 is 45.4 Å². The highest BCUT2D eigenvalue weighted by Gasteiger charge is 2.42. The maximum Gasteiger partial charge on any atom is 0.491 e. The number of aryl methyl sites for hydroxylation is 1. The molecule has 0 radical (unpaired) electrons. The Bertz CT molecular complexity index is 1710. The fourth-order valence-electron chi connectivity index (χ4n) is 3.84. The fraction of sp³-hybridized carbons (Fsp3) is 0.259. The predicted molar refractivity (Wildman–Crippen MR) is 163 cm³/mol. The number of thiophene rings is 1. The first kappa shape index (κ1) is 34.9. The van der Waals surface area contributed by atoms with Crippen LogP contribution in [0.25, 0.3) is 11.1 Å². The molecule has 0 atom stereocenters. The van der Waals surface area contributed by atoms with Gasteiger partial charge in [0.15, 0.2) is 0 Å². The zero-order valence-corrected chi connectivity index (χ0v) is 26.6. The average molecular weight is 690 g/mol. The van der Waals surface area contributed by atoms with Crippen molar-refractivity contribution in [3.63, 3.8) is 0 Å². The molecule has 236 valence electrons. The first-order valence-corrected chi connectivity index (χ1v) is 17.0. The van der Waals surface area contributed by atoms with Crippen LogP contribution in [0.4, 0.5) is 18.9 Å². The number of carbonyl (C=O) groups excluding carboxylic acids is 3. The van der Waals surface area contributed by atoms with E-state index in [-0.39, 0.29) is 27.1 Å². The number of halogens is 3. The largest absolute Gasteiger partial charge is 0.497 e. The first-order chi connectivity index (χ1) is 20.6. The number of alkyl halides is 3. The molecular weight excluding hydrogens is 664 g/mol. The molecular formula is C27H26F3N3O7S4. The molecule has 44 heavy (non-hydrogen) atoms. The van der Waals surface area contributed by atoms with E-state index in [1.807, 2.05) is 0 Å². The minimum absolute atomic E-state index is 0.0165. The van der Waals surface area contributed by atoms with Crippen molar-refractivity contribution in [1.29, 1.82) is 5.41 Å².